The van der Waals surface area contributed by atoms with Crippen molar-refractivity contribution in [3.63, 3.8) is 0 Å². The first-order valence-corrected chi connectivity index (χ1v) is 7.87. The maximum atomic E-state index is 12.4. The minimum atomic E-state index is -0.0372. The van der Waals surface area contributed by atoms with Crippen LogP contribution < -0.4 is 5.73 Å². The number of morpholine rings is 1. The fourth-order valence-electron chi connectivity index (χ4n) is 3.34. The van der Waals surface area contributed by atoms with Gasteiger partial charge in [0.05, 0.1) is 13.2 Å². The zero-order valence-electron chi connectivity index (χ0n) is 12.9. The summed E-state index contributed by atoms with van der Waals surface area (Å²) in [7, 11) is 0. The fourth-order valence-corrected chi connectivity index (χ4v) is 3.34. The second kappa shape index (κ2) is 6.87. The van der Waals surface area contributed by atoms with Crippen molar-refractivity contribution < 1.29 is 9.53 Å². The minimum Gasteiger partial charge on any atom is -0.378 e. The summed E-state index contributed by atoms with van der Waals surface area (Å²) in [5.41, 5.74) is 5.91. The van der Waals surface area contributed by atoms with Crippen LogP contribution in [0.2, 0.25) is 0 Å². The van der Waals surface area contributed by atoms with Gasteiger partial charge >= 0.3 is 0 Å². The summed E-state index contributed by atoms with van der Waals surface area (Å²) >= 11 is 0. The number of ether oxygens (including phenoxy) is 1. The Labute approximate surface area is 122 Å². The van der Waals surface area contributed by atoms with Crippen molar-refractivity contribution in [2.24, 2.45) is 5.73 Å². The van der Waals surface area contributed by atoms with Crippen LogP contribution in [0.25, 0.3) is 0 Å². The Morgan fingerprint density at radius 2 is 1.95 bits per heavy atom. The van der Waals surface area contributed by atoms with E-state index in [0.717, 1.165) is 39.1 Å². The number of nitrogens with two attached hydrogens (primary N) is 1. The molecule has 2 saturated heterocycles. The van der Waals surface area contributed by atoms with Crippen LogP contribution in [-0.4, -0.2) is 66.7 Å². The van der Waals surface area contributed by atoms with Crippen molar-refractivity contribution in [3.8, 4) is 0 Å². The van der Waals surface area contributed by atoms with E-state index in [1.807, 2.05) is 4.90 Å². The molecule has 5 heteroatoms. The van der Waals surface area contributed by atoms with E-state index in [2.05, 4.69) is 18.7 Å². The Morgan fingerprint density at radius 3 is 2.55 bits per heavy atom. The molecule has 0 aromatic carbocycles. The van der Waals surface area contributed by atoms with Gasteiger partial charge in [0.1, 0.15) is 0 Å². The van der Waals surface area contributed by atoms with Crippen LogP contribution in [0.4, 0.5) is 0 Å². The molecule has 2 N–H and O–H groups in total. The van der Waals surface area contributed by atoms with E-state index < -0.39 is 0 Å². The first-order chi connectivity index (χ1) is 9.54. The molecule has 1 unspecified atom stereocenters. The molecule has 0 aromatic heterocycles. The number of nitrogens with zero attached hydrogens (tertiary/aromatic N) is 2. The largest absolute Gasteiger partial charge is 0.378 e. The molecule has 0 aliphatic carbocycles. The van der Waals surface area contributed by atoms with E-state index in [1.165, 1.54) is 6.42 Å². The molecule has 2 aliphatic heterocycles. The molecule has 2 fully saturated rings. The number of rotatable bonds is 4. The van der Waals surface area contributed by atoms with Crippen molar-refractivity contribution in [1.82, 2.24) is 9.80 Å². The molecule has 0 spiro atoms. The van der Waals surface area contributed by atoms with Gasteiger partial charge in [-0.2, -0.15) is 0 Å². The standard InChI is InChI=1S/C15H29N3O2/c1-15(2)12-20-9-8-18(15)13(11-16)10-14(19)17-6-4-3-5-7-17/h13H,3-12,16H2,1-2H3. The maximum Gasteiger partial charge on any atom is 0.224 e. The van der Waals surface area contributed by atoms with E-state index in [4.69, 9.17) is 10.5 Å². The van der Waals surface area contributed by atoms with Crippen LogP contribution in [-0.2, 0) is 9.53 Å². The van der Waals surface area contributed by atoms with Crippen LogP contribution in [0.15, 0.2) is 0 Å². The SMILES string of the molecule is CC1(C)COCCN1C(CN)CC(=O)N1CCCCC1. The first-order valence-electron chi connectivity index (χ1n) is 7.87. The molecule has 116 valence electrons. The Kier molecular flexibility index (Phi) is 5.41. The topological polar surface area (TPSA) is 58.8 Å². The van der Waals surface area contributed by atoms with Crippen LogP contribution in [0, 0.1) is 0 Å². The predicted molar refractivity (Wildman–Crippen MR) is 79.5 cm³/mol. The Morgan fingerprint density at radius 1 is 1.25 bits per heavy atom. The summed E-state index contributed by atoms with van der Waals surface area (Å²) in [5.74, 6) is 0.266. The summed E-state index contributed by atoms with van der Waals surface area (Å²) in [4.78, 5) is 16.8. The third-order valence-corrected chi connectivity index (χ3v) is 4.54. The fraction of sp³-hybridized carbons (Fsp3) is 0.933. The molecule has 0 radical (unpaired) electrons. The lowest BCUT2D eigenvalue weighted by Crippen LogP contribution is -2.59. The lowest BCUT2D eigenvalue weighted by Gasteiger charge is -2.46. The summed E-state index contributed by atoms with van der Waals surface area (Å²) in [6.07, 6.45) is 4.07. The highest BCUT2D eigenvalue weighted by Gasteiger charge is 2.36. The van der Waals surface area contributed by atoms with Gasteiger partial charge in [0.25, 0.3) is 0 Å². The van der Waals surface area contributed by atoms with Gasteiger partial charge in [-0.25, -0.2) is 0 Å². The van der Waals surface area contributed by atoms with Crippen molar-refractivity contribution in [3.05, 3.63) is 0 Å². The number of carbonyl (C=O) groups excluding carboxylic acids is 1. The smallest absolute Gasteiger partial charge is 0.224 e. The average Bonchev–Trinajstić information content (AvgIpc) is 2.45. The highest BCUT2D eigenvalue weighted by atomic mass is 16.5. The maximum absolute atomic E-state index is 12.4. The summed E-state index contributed by atoms with van der Waals surface area (Å²) in [5, 5.41) is 0. The van der Waals surface area contributed by atoms with Crippen LogP contribution in [0.1, 0.15) is 39.5 Å². The zero-order valence-corrected chi connectivity index (χ0v) is 12.9. The van der Waals surface area contributed by atoms with E-state index in [0.29, 0.717) is 19.6 Å². The minimum absolute atomic E-state index is 0.0372. The lowest BCUT2D eigenvalue weighted by atomic mass is 9.97. The van der Waals surface area contributed by atoms with Gasteiger partial charge < -0.3 is 15.4 Å². The van der Waals surface area contributed by atoms with E-state index in [9.17, 15) is 4.79 Å². The van der Waals surface area contributed by atoms with Crippen molar-refractivity contribution in [1.29, 1.82) is 0 Å². The quantitative estimate of drug-likeness (QED) is 0.830. The molecule has 1 amide bonds. The van der Waals surface area contributed by atoms with Gasteiger partial charge in [0.15, 0.2) is 0 Å². The van der Waals surface area contributed by atoms with Crippen molar-refractivity contribution in [2.45, 2.75) is 51.1 Å². The normalized spacial score (nSPS) is 25.4. The summed E-state index contributed by atoms with van der Waals surface area (Å²) < 4.78 is 5.55. The number of carbonyl (C=O) groups is 1. The summed E-state index contributed by atoms with van der Waals surface area (Å²) in [6.45, 7) is 9.01. The average molecular weight is 283 g/mol. The van der Waals surface area contributed by atoms with E-state index in [1.54, 1.807) is 0 Å². The third-order valence-electron chi connectivity index (χ3n) is 4.54. The highest BCUT2D eigenvalue weighted by Crippen LogP contribution is 2.23. The third kappa shape index (κ3) is 3.71. The lowest BCUT2D eigenvalue weighted by molar-refractivity contribution is -0.135. The van der Waals surface area contributed by atoms with E-state index >= 15 is 0 Å². The Hall–Kier alpha value is -0.650. The molecular weight excluding hydrogens is 254 g/mol. The van der Waals surface area contributed by atoms with Crippen LogP contribution in [0.5, 0.6) is 0 Å². The number of piperidine rings is 1. The highest BCUT2D eigenvalue weighted by molar-refractivity contribution is 5.77. The van der Waals surface area contributed by atoms with Crippen molar-refractivity contribution >= 4 is 5.91 Å². The molecule has 0 aromatic rings. The van der Waals surface area contributed by atoms with Crippen LogP contribution in [0.3, 0.4) is 0 Å². The molecule has 5 nitrogen and oxygen atoms in total. The molecule has 1 atom stereocenters. The molecule has 0 saturated carbocycles. The molecule has 2 heterocycles. The predicted octanol–water partition coefficient (Wildman–Crippen LogP) is 0.827. The number of amides is 1. The second-order valence-electron chi connectivity index (χ2n) is 6.59. The monoisotopic (exact) mass is 283 g/mol. The number of hydrogen-bond donors (Lipinski definition) is 1. The van der Waals surface area contributed by atoms with Gasteiger partial charge in [-0.3, -0.25) is 9.69 Å². The molecule has 2 rings (SSSR count). The van der Waals surface area contributed by atoms with Gasteiger partial charge in [0, 0.05) is 44.2 Å². The van der Waals surface area contributed by atoms with Gasteiger partial charge in [0.2, 0.25) is 5.91 Å². The molecule has 20 heavy (non-hydrogen) atoms. The summed E-state index contributed by atoms with van der Waals surface area (Å²) in [6, 6.07) is 0.128. The molecule has 0 bridgehead atoms. The Balaban J connectivity index is 1.95. The molecule has 2 aliphatic rings. The van der Waals surface area contributed by atoms with Gasteiger partial charge in [-0.05, 0) is 33.1 Å². The van der Waals surface area contributed by atoms with Crippen molar-refractivity contribution in [2.75, 3.05) is 39.4 Å². The molecular formula is C15H29N3O2. The van der Waals surface area contributed by atoms with Gasteiger partial charge in [-0.15, -0.1) is 0 Å². The number of likely N-dealkylation sites (tertiary alicyclic amines) is 1. The number of hydrogen-bond acceptors (Lipinski definition) is 4. The zero-order chi connectivity index (χ0) is 14.6. The van der Waals surface area contributed by atoms with Gasteiger partial charge in [-0.1, -0.05) is 0 Å². The Bertz CT molecular complexity index is 327. The second-order valence-corrected chi connectivity index (χ2v) is 6.59. The first kappa shape index (κ1) is 15.7. The van der Waals surface area contributed by atoms with Crippen LogP contribution >= 0.6 is 0 Å². The van der Waals surface area contributed by atoms with E-state index in [-0.39, 0.29) is 17.5 Å².